The van der Waals surface area contributed by atoms with Gasteiger partial charge in [-0.05, 0) is 31.2 Å². The van der Waals surface area contributed by atoms with Crippen LogP contribution in [0.3, 0.4) is 0 Å². The number of fused-ring (bicyclic) bond motifs is 1. The molecule has 4 nitrogen and oxygen atoms in total. The summed E-state index contributed by atoms with van der Waals surface area (Å²) in [7, 11) is 3.20. The van der Waals surface area contributed by atoms with Crippen LogP contribution in [0.5, 0.6) is 0 Å². The van der Waals surface area contributed by atoms with Crippen LogP contribution in [0.2, 0.25) is 0 Å². The van der Waals surface area contributed by atoms with Gasteiger partial charge in [0.2, 0.25) is 0 Å². The number of hydrogen-bond donors (Lipinski definition) is 1. The third-order valence-corrected chi connectivity index (χ3v) is 3.60. The van der Waals surface area contributed by atoms with E-state index in [9.17, 15) is 4.79 Å². The van der Waals surface area contributed by atoms with Crippen molar-refractivity contribution in [2.45, 2.75) is 25.3 Å². The summed E-state index contributed by atoms with van der Waals surface area (Å²) in [5, 5.41) is 4.63. The maximum absolute atomic E-state index is 11.9. The Kier molecular flexibility index (Phi) is 2.74. The number of amides is 1. The van der Waals surface area contributed by atoms with Crippen molar-refractivity contribution in [1.82, 2.24) is 10.4 Å². The van der Waals surface area contributed by atoms with Crippen LogP contribution in [-0.2, 0) is 9.63 Å². The number of rotatable bonds is 2. The van der Waals surface area contributed by atoms with Crippen LogP contribution < -0.4 is 5.32 Å². The van der Waals surface area contributed by atoms with Gasteiger partial charge in [0.25, 0.3) is 5.91 Å². The lowest BCUT2D eigenvalue weighted by atomic mass is 9.94. The highest BCUT2D eigenvalue weighted by Crippen LogP contribution is 2.38. The van der Waals surface area contributed by atoms with Gasteiger partial charge in [0.05, 0.1) is 13.2 Å². The molecule has 0 radical (unpaired) electrons. The first kappa shape index (κ1) is 9.93. The van der Waals surface area contributed by atoms with E-state index in [1.807, 2.05) is 0 Å². The molecule has 3 unspecified atom stereocenters. The second kappa shape index (κ2) is 3.87. The summed E-state index contributed by atoms with van der Waals surface area (Å²) in [6.45, 7) is 0.999. The Bertz CT molecular complexity index is 232. The standard InChI is InChI=1S/C10H18N2O2/c1-12(14-2)10(13)9-8-5-3-4-7(8)6-11-9/h7-9,11H,3-6H2,1-2H3. The summed E-state index contributed by atoms with van der Waals surface area (Å²) >= 11 is 0. The largest absolute Gasteiger partial charge is 0.305 e. The van der Waals surface area contributed by atoms with Gasteiger partial charge in [-0.15, -0.1) is 0 Å². The Morgan fingerprint density at radius 2 is 2.29 bits per heavy atom. The molecule has 1 amide bonds. The first-order chi connectivity index (χ1) is 6.74. The van der Waals surface area contributed by atoms with Gasteiger partial charge in [-0.2, -0.15) is 0 Å². The van der Waals surface area contributed by atoms with Crippen molar-refractivity contribution in [3.63, 3.8) is 0 Å². The van der Waals surface area contributed by atoms with Crippen molar-refractivity contribution in [2.75, 3.05) is 20.7 Å². The van der Waals surface area contributed by atoms with Crippen molar-refractivity contribution in [2.24, 2.45) is 11.8 Å². The molecule has 2 fully saturated rings. The van der Waals surface area contributed by atoms with E-state index in [1.165, 1.54) is 31.4 Å². The molecule has 1 saturated carbocycles. The maximum atomic E-state index is 11.9. The zero-order valence-corrected chi connectivity index (χ0v) is 8.82. The number of carbonyl (C=O) groups is 1. The van der Waals surface area contributed by atoms with Crippen molar-refractivity contribution in [3.8, 4) is 0 Å². The molecule has 1 saturated heterocycles. The molecule has 0 aromatic rings. The number of hydrogen-bond acceptors (Lipinski definition) is 3. The lowest BCUT2D eigenvalue weighted by Gasteiger charge is -2.22. The van der Waals surface area contributed by atoms with Crippen molar-refractivity contribution in [1.29, 1.82) is 0 Å². The van der Waals surface area contributed by atoms with E-state index in [0.717, 1.165) is 6.54 Å². The monoisotopic (exact) mass is 198 g/mol. The number of nitrogens with zero attached hydrogens (tertiary/aromatic N) is 1. The molecule has 14 heavy (non-hydrogen) atoms. The molecule has 1 heterocycles. The van der Waals surface area contributed by atoms with Gasteiger partial charge in [-0.1, -0.05) is 6.42 Å². The molecule has 0 spiro atoms. The van der Waals surface area contributed by atoms with Crippen molar-refractivity contribution >= 4 is 5.91 Å². The highest BCUT2D eigenvalue weighted by atomic mass is 16.7. The van der Waals surface area contributed by atoms with E-state index >= 15 is 0 Å². The van der Waals surface area contributed by atoms with Crippen LogP contribution >= 0.6 is 0 Å². The molecule has 80 valence electrons. The molecule has 3 atom stereocenters. The third kappa shape index (κ3) is 1.53. The molecule has 4 heteroatoms. The molecule has 1 aliphatic heterocycles. The van der Waals surface area contributed by atoms with Crippen LogP contribution in [0.1, 0.15) is 19.3 Å². The minimum Gasteiger partial charge on any atom is -0.305 e. The van der Waals surface area contributed by atoms with Crippen LogP contribution in [0, 0.1) is 11.8 Å². The van der Waals surface area contributed by atoms with E-state index in [1.54, 1.807) is 7.05 Å². The summed E-state index contributed by atoms with van der Waals surface area (Å²) in [4.78, 5) is 16.8. The van der Waals surface area contributed by atoms with E-state index in [0.29, 0.717) is 11.8 Å². The molecular formula is C10H18N2O2. The summed E-state index contributed by atoms with van der Waals surface area (Å²) in [5.41, 5.74) is 0. The van der Waals surface area contributed by atoms with E-state index < -0.39 is 0 Å². The number of nitrogens with one attached hydrogen (secondary N) is 1. The third-order valence-electron chi connectivity index (χ3n) is 3.60. The van der Waals surface area contributed by atoms with Gasteiger partial charge in [0, 0.05) is 7.05 Å². The van der Waals surface area contributed by atoms with Gasteiger partial charge < -0.3 is 5.32 Å². The molecule has 0 aromatic carbocycles. The molecule has 1 aliphatic carbocycles. The lowest BCUT2D eigenvalue weighted by molar-refractivity contribution is -0.171. The summed E-state index contributed by atoms with van der Waals surface area (Å²) < 4.78 is 0. The number of carbonyl (C=O) groups excluding carboxylic acids is 1. The predicted octanol–water partition coefficient (Wildman–Crippen LogP) is 0.394. The fourth-order valence-electron chi connectivity index (χ4n) is 2.74. The Hall–Kier alpha value is -0.610. The average molecular weight is 198 g/mol. The van der Waals surface area contributed by atoms with E-state index in [4.69, 9.17) is 4.84 Å². The zero-order chi connectivity index (χ0) is 10.1. The lowest BCUT2D eigenvalue weighted by Crippen LogP contribution is -2.44. The second-order valence-corrected chi connectivity index (χ2v) is 4.26. The Morgan fingerprint density at radius 1 is 1.50 bits per heavy atom. The fraction of sp³-hybridized carbons (Fsp3) is 0.900. The average Bonchev–Trinajstić information content (AvgIpc) is 2.76. The van der Waals surface area contributed by atoms with Gasteiger partial charge >= 0.3 is 0 Å². The summed E-state index contributed by atoms with van der Waals surface area (Å²) in [6, 6.07) is -0.00699. The van der Waals surface area contributed by atoms with Gasteiger partial charge in [-0.25, -0.2) is 5.06 Å². The Balaban J connectivity index is 2.01. The first-order valence-corrected chi connectivity index (χ1v) is 5.29. The molecule has 0 bridgehead atoms. The molecule has 0 aromatic heterocycles. The normalized spacial score (nSPS) is 35.7. The van der Waals surface area contributed by atoms with Gasteiger partial charge in [-0.3, -0.25) is 9.63 Å². The maximum Gasteiger partial charge on any atom is 0.263 e. The van der Waals surface area contributed by atoms with Crippen LogP contribution in [0.25, 0.3) is 0 Å². The highest BCUT2D eigenvalue weighted by molar-refractivity contribution is 5.81. The molecule has 1 N–H and O–H groups in total. The predicted molar refractivity (Wildman–Crippen MR) is 52.4 cm³/mol. The number of hydroxylamine groups is 2. The molecule has 2 rings (SSSR count). The first-order valence-electron chi connectivity index (χ1n) is 5.29. The van der Waals surface area contributed by atoms with Gasteiger partial charge in [0.1, 0.15) is 0 Å². The van der Waals surface area contributed by atoms with Crippen molar-refractivity contribution < 1.29 is 9.63 Å². The van der Waals surface area contributed by atoms with Crippen LogP contribution in [-0.4, -0.2) is 37.7 Å². The molecule has 2 aliphatic rings. The molecular weight excluding hydrogens is 180 g/mol. The Labute approximate surface area is 84.6 Å². The van der Waals surface area contributed by atoms with Crippen LogP contribution in [0.4, 0.5) is 0 Å². The second-order valence-electron chi connectivity index (χ2n) is 4.26. The Morgan fingerprint density at radius 3 is 3.00 bits per heavy atom. The van der Waals surface area contributed by atoms with E-state index in [-0.39, 0.29) is 11.9 Å². The summed E-state index contributed by atoms with van der Waals surface area (Å²) in [6.07, 6.45) is 3.74. The fourth-order valence-corrected chi connectivity index (χ4v) is 2.74. The smallest absolute Gasteiger partial charge is 0.263 e. The number of likely N-dealkylation sites (N-methyl/N-ethyl adjacent to an activating group) is 1. The topological polar surface area (TPSA) is 41.6 Å². The zero-order valence-electron chi connectivity index (χ0n) is 8.82. The van der Waals surface area contributed by atoms with Crippen LogP contribution in [0.15, 0.2) is 0 Å². The quantitative estimate of drug-likeness (QED) is 0.653. The minimum atomic E-state index is -0.00699. The minimum absolute atomic E-state index is 0.00699. The summed E-state index contributed by atoms with van der Waals surface area (Å²) in [5.74, 6) is 1.33. The van der Waals surface area contributed by atoms with Gasteiger partial charge in [0.15, 0.2) is 0 Å². The van der Waals surface area contributed by atoms with Crippen molar-refractivity contribution in [3.05, 3.63) is 0 Å². The van der Waals surface area contributed by atoms with E-state index in [2.05, 4.69) is 5.32 Å². The highest BCUT2D eigenvalue weighted by Gasteiger charge is 2.43. The SMILES string of the molecule is CON(C)C(=O)C1NCC2CCCC21.